The molecular formula is C23H31N3O4S. The van der Waals surface area contributed by atoms with Gasteiger partial charge in [-0.3, -0.25) is 9.59 Å². The molecule has 0 saturated heterocycles. The van der Waals surface area contributed by atoms with Crippen molar-refractivity contribution < 1.29 is 18.0 Å². The number of nitrogens with one attached hydrogen (secondary N) is 1. The molecule has 0 radical (unpaired) electrons. The number of amides is 2. The molecule has 1 N–H and O–H groups in total. The Labute approximate surface area is 185 Å². The number of sulfonamides is 1. The Bertz CT molecular complexity index is 949. The summed E-state index contributed by atoms with van der Waals surface area (Å²) in [6, 6.07) is 17.1. The fraction of sp³-hybridized carbons (Fsp3) is 0.391. The van der Waals surface area contributed by atoms with Crippen molar-refractivity contribution in [2.24, 2.45) is 0 Å². The van der Waals surface area contributed by atoms with Crippen LogP contribution in [-0.2, 0) is 26.2 Å². The summed E-state index contributed by atoms with van der Waals surface area (Å²) in [6.07, 6.45) is 0.500. The van der Waals surface area contributed by atoms with Gasteiger partial charge in [0.25, 0.3) is 0 Å². The highest BCUT2D eigenvalue weighted by atomic mass is 32.2. The molecule has 0 aliphatic carbocycles. The minimum atomic E-state index is -3.60. The summed E-state index contributed by atoms with van der Waals surface area (Å²) >= 11 is 0. The second-order valence-electron chi connectivity index (χ2n) is 7.32. The molecule has 0 aromatic heterocycles. The van der Waals surface area contributed by atoms with Gasteiger partial charge in [0, 0.05) is 33.1 Å². The van der Waals surface area contributed by atoms with E-state index in [0.717, 1.165) is 5.56 Å². The summed E-state index contributed by atoms with van der Waals surface area (Å²) in [4.78, 5) is 27.1. The summed E-state index contributed by atoms with van der Waals surface area (Å²) in [5, 5.41) is 2.76. The Morgan fingerprint density at radius 3 is 2.16 bits per heavy atom. The van der Waals surface area contributed by atoms with Crippen LogP contribution in [0.25, 0.3) is 0 Å². The van der Waals surface area contributed by atoms with E-state index in [4.69, 9.17) is 0 Å². The number of carbonyl (C=O) groups excluding carboxylic acids is 2. The molecule has 31 heavy (non-hydrogen) atoms. The van der Waals surface area contributed by atoms with Crippen LogP contribution in [0.1, 0.15) is 32.3 Å². The number of likely N-dealkylation sites (N-methyl/N-ethyl adjacent to an activating group) is 1. The summed E-state index contributed by atoms with van der Waals surface area (Å²) < 4.78 is 26.5. The molecule has 2 amide bonds. The third-order valence-corrected chi connectivity index (χ3v) is 6.90. The molecule has 0 spiro atoms. The molecule has 2 aromatic carbocycles. The van der Waals surface area contributed by atoms with Crippen molar-refractivity contribution in [3.05, 3.63) is 66.2 Å². The van der Waals surface area contributed by atoms with E-state index in [1.807, 2.05) is 37.3 Å². The second kappa shape index (κ2) is 11.6. The third-order valence-electron chi connectivity index (χ3n) is 5.03. The largest absolute Gasteiger partial charge is 0.355 e. The van der Waals surface area contributed by atoms with Gasteiger partial charge < -0.3 is 10.2 Å². The highest BCUT2D eigenvalue weighted by molar-refractivity contribution is 7.89. The molecule has 0 saturated carbocycles. The average molecular weight is 446 g/mol. The zero-order valence-corrected chi connectivity index (χ0v) is 19.1. The summed E-state index contributed by atoms with van der Waals surface area (Å²) in [5.41, 5.74) is 0.927. The van der Waals surface area contributed by atoms with Crippen molar-refractivity contribution in [2.75, 3.05) is 20.1 Å². The summed E-state index contributed by atoms with van der Waals surface area (Å²) in [7, 11) is -2.09. The van der Waals surface area contributed by atoms with Crippen molar-refractivity contribution >= 4 is 21.8 Å². The smallest absolute Gasteiger partial charge is 0.242 e. The van der Waals surface area contributed by atoms with Crippen LogP contribution in [-0.4, -0.2) is 55.6 Å². The van der Waals surface area contributed by atoms with E-state index >= 15 is 0 Å². The summed E-state index contributed by atoms with van der Waals surface area (Å²) in [6.45, 7) is 4.54. The fourth-order valence-corrected chi connectivity index (χ4v) is 4.40. The van der Waals surface area contributed by atoms with Gasteiger partial charge in [-0.05, 0) is 38.0 Å². The van der Waals surface area contributed by atoms with E-state index in [9.17, 15) is 18.0 Å². The van der Waals surface area contributed by atoms with Gasteiger partial charge in [-0.15, -0.1) is 0 Å². The lowest BCUT2D eigenvalue weighted by Gasteiger charge is -2.29. The minimum absolute atomic E-state index is 0.144. The second-order valence-corrected chi connectivity index (χ2v) is 9.37. The molecule has 0 fully saturated rings. The monoisotopic (exact) mass is 445 g/mol. The first-order valence-electron chi connectivity index (χ1n) is 10.4. The van der Waals surface area contributed by atoms with Crippen molar-refractivity contribution in [2.45, 2.75) is 44.2 Å². The van der Waals surface area contributed by atoms with Gasteiger partial charge in [0.05, 0.1) is 4.90 Å². The van der Waals surface area contributed by atoms with Gasteiger partial charge in [-0.25, -0.2) is 12.7 Å². The molecule has 0 unspecified atom stereocenters. The first kappa shape index (κ1) is 24.6. The topological polar surface area (TPSA) is 86.8 Å². The van der Waals surface area contributed by atoms with Gasteiger partial charge >= 0.3 is 0 Å². The van der Waals surface area contributed by atoms with E-state index in [-0.39, 0.29) is 29.7 Å². The van der Waals surface area contributed by atoms with Crippen LogP contribution in [0.4, 0.5) is 0 Å². The van der Waals surface area contributed by atoms with Gasteiger partial charge in [-0.1, -0.05) is 48.5 Å². The Morgan fingerprint density at radius 1 is 1.00 bits per heavy atom. The van der Waals surface area contributed by atoms with Crippen LogP contribution in [0.5, 0.6) is 0 Å². The third kappa shape index (κ3) is 6.90. The van der Waals surface area contributed by atoms with Crippen LogP contribution in [0.15, 0.2) is 65.6 Å². The Balaban J connectivity index is 2.03. The predicted molar refractivity (Wildman–Crippen MR) is 121 cm³/mol. The lowest BCUT2D eigenvalue weighted by Crippen LogP contribution is -2.47. The van der Waals surface area contributed by atoms with Gasteiger partial charge in [0.15, 0.2) is 0 Å². The van der Waals surface area contributed by atoms with Crippen molar-refractivity contribution in [3.8, 4) is 0 Å². The molecule has 0 bridgehead atoms. The highest BCUT2D eigenvalue weighted by Crippen LogP contribution is 2.15. The van der Waals surface area contributed by atoms with Crippen LogP contribution in [0.2, 0.25) is 0 Å². The molecule has 7 nitrogen and oxygen atoms in total. The Kier molecular flexibility index (Phi) is 9.21. The molecular weight excluding hydrogens is 414 g/mol. The number of rotatable bonds is 11. The minimum Gasteiger partial charge on any atom is -0.355 e. The normalized spacial score (nSPS) is 12.4. The van der Waals surface area contributed by atoms with E-state index < -0.39 is 16.1 Å². The van der Waals surface area contributed by atoms with Crippen LogP contribution >= 0.6 is 0 Å². The summed E-state index contributed by atoms with van der Waals surface area (Å²) in [5.74, 6) is -0.399. The van der Waals surface area contributed by atoms with Crippen LogP contribution < -0.4 is 5.32 Å². The fourth-order valence-electron chi connectivity index (χ4n) is 3.17. The molecule has 0 heterocycles. The zero-order valence-electron chi connectivity index (χ0n) is 18.3. The van der Waals surface area contributed by atoms with E-state index in [1.165, 1.54) is 11.4 Å². The molecule has 1 atom stereocenters. The maximum absolute atomic E-state index is 13.0. The van der Waals surface area contributed by atoms with Gasteiger partial charge in [0.1, 0.15) is 6.04 Å². The van der Waals surface area contributed by atoms with Crippen molar-refractivity contribution in [1.82, 2.24) is 14.5 Å². The standard InChI is InChI=1S/C23H31N3O4S/c1-4-24-23(28)19(2)26(18-20-12-7-5-8-13-20)22(27)16-11-17-25(3)31(29,30)21-14-9-6-10-15-21/h5-10,12-15,19H,4,11,16-18H2,1-3H3,(H,24,28)/t19-/m1/s1. The number of benzene rings is 2. The quantitative estimate of drug-likeness (QED) is 0.576. The first-order chi connectivity index (χ1) is 14.8. The van der Waals surface area contributed by atoms with Crippen molar-refractivity contribution in [1.29, 1.82) is 0 Å². The lowest BCUT2D eigenvalue weighted by atomic mass is 10.1. The van der Waals surface area contributed by atoms with Gasteiger partial charge in [-0.2, -0.15) is 0 Å². The van der Waals surface area contributed by atoms with E-state index in [1.54, 1.807) is 42.2 Å². The molecule has 8 heteroatoms. The van der Waals surface area contributed by atoms with E-state index in [0.29, 0.717) is 19.5 Å². The molecule has 2 aromatic rings. The zero-order chi connectivity index (χ0) is 22.9. The lowest BCUT2D eigenvalue weighted by molar-refractivity contribution is -0.140. The average Bonchev–Trinajstić information content (AvgIpc) is 2.78. The van der Waals surface area contributed by atoms with Crippen LogP contribution in [0.3, 0.4) is 0 Å². The molecule has 0 aliphatic rings. The first-order valence-corrected chi connectivity index (χ1v) is 11.8. The maximum Gasteiger partial charge on any atom is 0.242 e. The Hall–Kier alpha value is -2.71. The number of hydrogen-bond acceptors (Lipinski definition) is 4. The number of carbonyl (C=O) groups is 2. The van der Waals surface area contributed by atoms with Gasteiger partial charge in [0.2, 0.25) is 21.8 Å². The van der Waals surface area contributed by atoms with Crippen LogP contribution in [0, 0.1) is 0 Å². The number of nitrogens with zero attached hydrogens (tertiary/aromatic N) is 2. The Morgan fingerprint density at radius 2 is 1.58 bits per heavy atom. The molecule has 0 aliphatic heterocycles. The molecule has 168 valence electrons. The van der Waals surface area contributed by atoms with E-state index in [2.05, 4.69) is 5.32 Å². The number of hydrogen-bond donors (Lipinski definition) is 1. The SMILES string of the molecule is CCNC(=O)[C@@H](C)N(Cc1ccccc1)C(=O)CCCN(C)S(=O)(=O)c1ccccc1. The maximum atomic E-state index is 13.0. The molecule has 2 rings (SSSR count). The predicted octanol–water partition coefficient (Wildman–Crippen LogP) is 2.64. The van der Waals surface area contributed by atoms with Crippen molar-refractivity contribution in [3.63, 3.8) is 0 Å². The highest BCUT2D eigenvalue weighted by Gasteiger charge is 2.26.